The topological polar surface area (TPSA) is 12.0 Å². The molecule has 58 valence electrons. The molecule has 1 saturated carbocycles. The summed E-state index contributed by atoms with van der Waals surface area (Å²) in [6.45, 7) is 0. The molecule has 1 aromatic rings. The molecule has 1 N–H and O–H groups in total. The normalized spacial score (nSPS) is 16.5. The second-order valence-electron chi connectivity index (χ2n) is 2.99. The zero-order chi connectivity index (χ0) is 7.68. The molecule has 1 fully saturated rings. The van der Waals surface area contributed by atoms with Crippen LogP contribution in [0.4, 0.5) is 5.69 Å². The summed E-state index contributed by atoms with van der Waals surface area (Å²) < 4.78 is 2.96. The molecule has 1 aliphatic rings. The molecule has 0 saturated heterocycles. The number of benzene rings is 1. The third kappa shape index (κ3) is 1.56. The minimum absolute atomic E-state index is 0.843. The van der Waals surface area contributed by atoms with Crippen LogP contribution in [0.3, 0.4) is 0 Å². The zero-order valence-corrected chi connectivity index (χ0v) is 7.76. The van der Waals surface area contributed by atoms with Gasteiger partial charge >= 0.3 is 0 Å². The zero-order valence-electron chi connectivity index (χ0n) is 6.18. The maximum absolute atomic E-state index is 3.21. The summed E-state index contributed by atoms with van der Waals surface area (Å²) >= 11 is 3.21. The minimum atomic E-state index is 0.843. The van der Waals surface area contributed by atoms with Gasteiger partial charge in [0.15, 0.2) is 0 Å². The Bertz CT molecular complexity index is 255. The van der Waals surface area contributed by atoms with Crippen LogP contribution in [0.5, 0.6) is 0 Å². The van der Waals surface area contributed by atoms with Crippen LogP contribution in [-0.2, 0) is 0 Å². The molecule has 0 amide bonds. The number of hydrogen-bond acceptors (Lipinski definition) is 1. The Morgan fingerprint density at radius 2 is 2.18 bits per heavy atom. The summed E-state index contributed by atoms with van der Waals surface area (Å²) in [6, 6.07) is 8.55. The predicted octanol–water partition coefficient (Wildman–Crippen LogP) is 3.29. The van der Waals surface area contributed by atoms with Crippen molar-refractivity contribution in [2.24, 2.45) is 0 Å². The summed E-state index contributed by atoms with van der Waals surface area (Å²) in [5, 5.41) is 0. The van der Waals surface area contributed by atoms with Crippen molar-refractivity contribution in [2.75, 3.05) is 4.34 Å². The first-order valence-corrected chi connectivity index (χ1v) is 4.66. The van der Waals surface area contributed by atoms with E-state index in [1.54, 1.807) is 0 Å². The maximum Gasteiger partial charge on any atom is 0.0465 e. The highest BCUT2D eigenvalue weighted by Gasteiger charge is 2.23. The van der Waals surface area contributed by atoms with E-state index >= 15 is 0 Å². The molecular weight excluding hydrogens is 202 g/mol. The molecule has 0 spiro atoms. The van der Waals surface area contributed by atoms with Crippen molar-refractivity contribution in [3.05, 3.63) is 29.8 Å². The lowest BCUT2D eigenvalue weighted by Gasteiger charge is -2.00. The fourth-order valence-electron chi connectivity index (χ4n) is 1.27. The van der Waals surface area contributed by atoms with E-state index in [0.29, 0.717) is 0 Å². The van der Waals surface area contributed by atoms with Gasteiger partial charge in [-0.2, -0.15) is 0 Å². The van der Waals surface area contributed by atoms with Crippen LogP contribution in [-0.4, -0.2) is 0 Å². The number of halogens is 1. The van der Waals surface area contributed by atoms with E-state index in [-0.39, 0.29) is 0 Å². The average molecular weight is 212 g/mol. The Hall–Kier alpha value is -0.500. The van der Waals surface area contributed by atoms with E-state index in [1.807, 2.05) is 0 Å². The largest absolute Gasteiger partial charge is 0.322 e. The smallest absolute Gasteiger partial charge is 0.0465 e. The molecule has 0 unspecified atom stereocenters. The summed E-state index contributed by atoms with van der Waals surface area (Å²) in [4.78, 5) is 0. The van der Waals surface area contributed by atoms with Gasteiger partial charge in [0.1, 0.15) is 0 Å². The van der Waals surface area contributed by atoms with Crippen molar-refractivity contribution in [2.45, 2.75) is 18.8 Å². The van der Waals surface area contributed by atoms with Crippen molar-refractivity contribution in [1.82, 2.24) is 0 Å². The van der Waals surface area contributed by atoms with Gasteiger partial charge in [-0.05, 0) is 36.5 Å². The third-order valence-electron chi connectivity index (χ3n) is 2.04. The van der Waals surface area contributed by atoms with Crippen molar-refractivity contribution < 1.29 is 0 Å². The molecule has 2 rings (SSSR count). The standard InChI is InChI=1S/C9H10BrN/c10-11-9-3-1-2-8(6-9)7-4-5-7/h1-3,6-7,11H,4-5H2. The van der Waals surface area contributed by atoms with Crippen LogP contribution < -0.4 is 4.34 Å². The van der Waals surface area contributed by atoms with Gasteiger partial charge in [0.25, 0.3) is 0 Å². The van der Waals surface area contributed by atoms with Crippen molar-refractivity contribution in [3.63, 3.8) is 0 Å². The molecule has 1 aliphatic carbocycles. The lowest BCUT2D eigenvalue weighted by molar-refractivity contribution is 1.13. The molecule has 1 nitrogen and oxygen atoms in total. The number of hydrogen-bond donors (Lipinski definition) is 1. The first-order valence-electron chi connectivity index (χ1n) is 3.87. The highest BCUT2D eigenvalue weighted by atomic mass is 79.9. The molecular formula is C9H10BrN. The lowest BCUT2D eigenvalue weighted by Crippen LogP contribution is -1.82. The fourth-order valence-corrected chi connectivity index (χ4v) is 1.51. The highest BCUT2D eigenvalue weighted by Crippen LogP contribution is 2.40. The van der Waals surface area contributed by atoms with Crippen LogP contribution in [0, 0.1) is 0 Å². The highest BCUT2D eigenvalue weighted by molar-refractivity contribution is 9.10. The van der Waals surface area contributed by atoms with Gasteiger partial charge < -0.3 is 4.34 Å². The van der Waals surface area contributed by atoms with Gasteiger partial charge in [-0.15, -0.1) is 0 Å². The second kappa shape index (κ2) is 2.86. The van der Waals surface area contributed by atoms with Crippen LogP contribution in [0.25, 0.3) is 0 Å². The molecule has 0 atom stereocenters. The van der Waals surface area contributed by atoms with Gasteiger partial charge in [0.05, 0.1) is 0 Å². The van der Waals surface area contributed by atoms with Gasteiger partial charge in [-0.3, -0.25) is 0 Å². The lowest BCUT2D eigenvalue weighted by atomic mass is 10.1. The quantitative estimate of drug-likeness (QED) is 0.741. The van der Waals surface area contributed by atoms with Gasteiger partial charge in [-0.25, -0.2) is 0 Å². The molecule has 0 aliphatic heterocycles. The summed E-state index contributed by atoms with van der Waals surface area (Å²) in [6.07, 6.45) is 2.73. The molecule has 0 bridgehead atoms. The molecule has 0 radical (unpaired) electrons. The number of anilines is 1. The van der Waals surface area contributed by atoms with Gasteiger partial charge in [-0.1, -0.05) is 12.1 Å². The Morgan fingerprint density at radius 3 is 2.82 bits per heavy atom. The number of rotatable bonds is 2. The van der Waals surface area contributed by atoms with Crippen molar-refractivity contribution >= 4 is 21.8 Å². The van der Waals surface area contributed by atoms with Gasteiger partial charge in [0, 0.05) is 21.8 Å². The number of nitrogens with one attached hydrogen (secondary N) is 1. The summed E-state index contributed by atoms with van der Waals surface area (Å²) in [5.74, 6) is 0.843. The molecule has 0 heterocycles. The first kappa shape index (κ1) is 7.17. The molecule has 11 heavy (non-hydrogen) atoms. The fraction of sp³-hybridized carbons (Fsp3) is 0.333. The van der Waals surface area contributed by atoms with E-state index in [1.165, 1.54) is 18.4 Å². The monoisotopic (exact) mass is 211 g/mol. The van der Waals surface area contributed by atoms with Crippen molar-refractivity contribution in [3.8, 4) is 0 Å². The van der Waals surface area contributed by atoms with Gasteiger partial charge in [0.2, 0.25) is 0 Å². The Kier molecular flexibility index (Phi) is 1.86. The second-order valence-corrected chi connectivity index (χ2v) is 3.39. The Morgan fingerprint density at radius 1 is 1.36 bits per heavy atom. The van der Waals surface area contributed by atoms with Crippen LogP contribution in [0.1, 0.15) is 24.3 Å². The van der Waals surface area contributed by atoms with E-state index in [4.69, 9.17) is 0 Å². The first-order chi connectivity index (χ1) is 5.40. The predicted molar refractivity (Wildman–Crippen MR) is 51.0 cm³/mol. The van der Waals surface area contributed by atoms with E-state index in [0.717, 1.165) is 11.6 Å². The van der Waals surface area contributed by atoms with Crippen molar-refractivity contribution in [1.29, 1.82) is 0 Å². The maximum atomic E-state index is 3.21. The van der Waals surface area contributed by atoms with E-state index < -0.39 is 0 Å². The van der Waals surface area contributed by atoms with E-state index in [9.17, 15) is 0 Å². The summed E-state index contributed by atoms with van der Waals surface area (Å²) in [5.41, 5.74) is 2.61. The Balaban J connectivity index is 2.26. The van der Waals surface area contributed by atoms with Crippen LogP contribution >= 0.6 is 16.1 Å². The van der Waals surface area contributed by atoms with Crippen LogP contribution in [0.2, 0.25) is 0 Å². The average Bonchev–Trinajstić information content (AvgIpc) is 2.87. The Labute approximate surface area is 75.1 Å². The van der Waals surface area contributed by atoms with E-state index in [2.05, 4.69) is 44.8 Å². The molecule has 2 heteroatoms. The van der Waals surface area contributed by atoms with Crippen LogP contribution in [0.15, 0.2) is 24.3 Å². The summed E-state index contributed by atoms with van der Waals surface area (Å²) in [7, 11) is 0. The third-order valence-corrected chi connectivity index (χ3v) is 2.50. The molecule has 0 aromatic heterocycles. The minimum Gasteiger partial charge on any atom is -0.322 e. The molecule has 1 aromatic carbocycles. The SMILES string of the molecule is BrNc1cccc(C2CC2)c1.